The maximum Gasteiger partial charge on any atom is 0.0674 e. The largest absolute Gasteiger partial charge is 0.376 e. The van der Waals surface area contributed by atoms with Crippen LogP contribution in [0.5, 0.6) is 0 Å². The molecule has 3 nitrogen and oxygen atoms in total. The molecular formula is C17H34N2O. The summed E-state index contributed by atoms with van der Waals surface area (Å²) < 4.78 is 5.89. The normalized spacial score (nSPS) is 43.6. The minimum Gasteiger partial charge on any atom is -0.376 e. The molecule has 1 heterocycles. The van der Waals surface area contributed by atoms with Gasteiger partial charge in [0.15, 0.2) is 0 Å². The summed E-state index contributed by atoms with van der Waals surface area (Å²) in [6.07, 6.45) is 4.27. The standard InChI is InChI=1S/C17H34N2O/c1-6-15-11-20-14(5)10-19(15)17-13(4)8-12(3)9-16(17)18-7-2/h12-18H,6-11H2,1-5H3. The average Bonchev–Trinajstić information content (AvgIpc) is 2.38. The lowest BCUT2D eigenvalue weighted by molar-refractivity contribution is -0.0945. The molecule has 6 atom stereocenters. The maximum absolute atomic E-state index is 5.89. The van der Waals surface area contributed by atoms with Crippen molar-refractivity contribution in [2.75, 3.05) is 19.7 Å². The summed E-state index contributed by atoms with van der Waals surface area (Å²) in [5.74, 6) is 1.63. The molecule has 6 unspecified atom stereocenters. The van der Waals surface area contributed by atoms with Crippen LogP contribution < -0.4 is 5.32 Å². The number of hydrogen-bond acceptors (Lipinski definition) is 3. The lowest BCUT2D eigenvalue weighted by atomic mass is 9.75. The second kappa shape index (κ2) is 7.24. The van der Waals surface area contributed by atoms with Crippen molar-refractivity contribution in [3.8, 4) is 0 Å². The third kappa shape index (κ3) is 3.55. The molecule has 0 bridgehead atoms. The molecule has 0 radical (unpaired) electrons. The highest BCUT2D eigenvalue weighted by molar-refractivity contribution is 4.97. The Morgan fingerprint density at radius 2 is 1.90 bits per heavy atom. The zero-order chi connectivity index (χ0) is 14.7. The number of hydrogen-bond donors (Lipinski definition) is 1. The molecule has 2 aliphatic rings. The molecule has 1 N–H and O–H groups in total. The first-order chi connectivity index (χ1) is 9.56. The number of ether oxygens (including phenoxy) is 1. The predicted octanol–water partition coefficient (Wildman–Crippen LogP) is 2.90. The second-order valence-corrected chi connectivity index (χ2v) is 7.11. The third-order valence-electron chi connectivity index (χ3n) is 5.26. The van der Waals surface area contributed by atoms with E-state index >= 15 is 0 Å². The van der Waals surface area contributed by atoms with Crippen molar-refractivity contribution >= 4 is 0 Å². The molecule has 1 saturated heterocycles. The van der Waals surface area contributed by atoms with Gasteiger partial charge in [0.25, 0.3) is 0 Å². The lowest BCUT2D eigenvalue weighted by Crippen LogP contribution is -2.63. The van der Waals surface area contributed by atoms with Crippen LogP contribution in [-0.4, -0.2) is 48.8 Å². The third-order valence-corrected chi connectivity index (χ3v) is 5.26. The average molecular weight is 282 g/mol. The Labute approximate surface area is 125 Å². The van der Waals surface area contributed by atoms with Gasteiger partial charge >= 0.3 is 0 Å². The van der Waals surface area contributed by atoms with E-state index in [0.717, 1.165) is 31.5 Å². The van der Waals surface area contributed by atoms with E-state index in [2.05, 4.69) is 44.8 Å². The number of likely N-dealkylation sites (N-methyl/N-ethyl adjacent to an activating group) is 1. The Hall–Kier alpha value is -0.120. The van der Waals surface area contributed by atoms with E-state index in [4.69, 9.17) is 4.74 Å². The summed E-state index contributed by atoms with van der Waals surface area (Å²) in [5.41, 5.74) is 0. The van der Waals surface area contributed by atoms with Crippen LogP contribution in [0.25, 0.3) is 0 Å². The van der Waals surface area contributed by atoms with E-state index < -0.39 is 0 Å². The van der Waals surface area contributed by atoms with Gasteiger partial charge in [0, 0.05) is 24.7 Å². The van der Waals surface area contributed by atoms with Gasteiger partial charge in [0.2, 0.25) is 0 Å². The van der Waals surface area contributed by atoms with Gasteiger partial charge in [-0.25, -0.2) is 0 Å². The van der Waals surface area contributed by atoms with Crippen LogP contribution >= 0.6 is 0 Å². The molecule has 0 amide bonds. The van der Waals surface area contributed by atoms with Crippen LogP contribution in [0.15, 0.2) is 0 Å². The fraction of sp³-hybridized carbons (Fsp3) is 1.00. The fourth-order valence-electron chi connectivity index (χ4n) is 4.45. The van der Waals surface area contributed by atoms with Gasteiger partial charge in [-0.05, 0) is 44.6 Å². The van der Waals surface area contributed by atoms with E-state index in [1.54, 1.807) is 0 Å². The van der Waals surface area contributed by atoms with Crippen molar-refractivity contribution in [2.24, 2.45) is 11.8 Å². The van der Waals surface area contributed by atoms with Crippen molar-refractivity contribution in [1.82, 2.24) is 10.2 Å². The van der Waals surface area contributed by atoms with Gasteiger partial charge in [0.1, 0.15) is 0 Å². The molecule has 118 valence electrons. The van der Waals surface area contributed by atoms with Crippen molar-refractivity contribution in [2.45, 2.75) is 78.1 Å². The SMILES string of the molecule is CCNC1CC(C)CC(C)C1N1CC(C)OCC1CC. The summed E-state index contributed by atoms with van der Waals surface area (Å²) in [6, 6.07) is 1.94. The highest BCUT2D eigenvalue weighted by Gasteiger charge is 2.41. The van der Waals surface area contributed by atoms with Crippen LogP contribution in [0.1, 0.15) is 53.9 Å². The van der Waals surface area contributed by atoms with E-state index in [1.165, 1.54) is 19.3 Å². The number of nitrogens with zero attached hydrogens (tertiary/aromatic N) is 1. The van der Waals surface area contributed by atoms with Crippen LogP contribution in [-0.2, 0) is 4.74 Å². The highest BCUT2D eigenvalue weighted by Crippen LogP contribution is 2.35. The summed E-state index contributed by atoms with van der Waals surface area (Å²) in [5, 5.41) is 3.77. The molecule has 0 aromatic carbocycles. The molecule has 0 aromatic heterocycles. The molecule has 2 rings (SSSR count). The fourth-order valence-corrected chi connectivity index (χ4v) is 4.45. The molecule has 2 fully saturated rings. The van der Waals surface area contributed by atoms with Crippen molar-refractivity contribution < 1.29 is 4.74 Å². The smallest absolute Gasteiger partial charge is 0.0674 e. The van der Waals surface area contributed by atoms with Gasteiger partial charge < -0.3 is 10.1 Å². The van der Waals surface area contributed by atoms with Crippen LogP contribution in [0.2, 0.25) is 0 Å². The van der Waals surface area contributed by atoms with Gasteiger partial charge in [-0.3, -0.25) is 4.90 Å². The minimum absolute atomic E-state index is 0.381. The Morgan fingerprint density at radius 3 is 2.55 bits per heavy atom. The molecule has 3 heteroatoms. The topological polar surface area (TPSA) is 24.5 Å². The zero-order valence-electron chi connectivity index (χ0n) is 14.1. The van der Waals surface area contributed by atoms with Gasteiger partial charge in [-0.2, -0.15) is 0 Å². The summed E-state index contributed by atoms with van der Waals surface area (Å²) >= 11 is 0. The predicted molar refractivity (Wildman–Crippen MR) is 85.0 cm³/mol. The lowest BCUT2D eigenvalue weighted by Gasteiger charge is -2.51. The number of morpholine rings is 1. The Kier molecular flexibility index (Phi) is 5.88. The Bertz CT molecular complexity index is 297. The Balaban J connectivity index is 2.15. The number of nitrogens with one attached hydrogen (secondary N) is 1. The first-order valence-electron chi connectivity index (χ1n) is 8.67. The molecule has 1 saturated carbocycles. The van der Waals surface area contributed by atoms with Crippen LogP contribution in [0, 0.1) is 11.8 Å². The van der Waals surface area contributed by atoms with E-state index in [9.17, 15) is 0 Å². The summed E-state index contributed by atoms with van der Waals surface area (Å²) in [7, 11) is 0. The van der Waals surface area contributed by atoms with Gasteiger partial charge in [-0.15, -0.1) is 0 Å². The first kappa shape index (κ1) is 16.3. The minimum atomic E-state index is 0.381. The van der Waals surface area contributed by atoms with Gasteiger partial charge in [-0.1, -0.05) is 27.7 Å². The summed E-state index contributed by atoms with van der Waals surface area (Å²) in [4.78, 5) is 2.78. The molecular weight excluding hydrogens is 248 g/mol. The van der Waals surface area contributed by atoms with E-state index in [-0.39, 0.29) is 0 Å². The number of rotatable bonds is 4. The monoisotopic (exact) mass is 282 g/mol. The first-order valence-corrected chi connectivity index (χ1v) is 8.67. The Morgan fingerprint density at radius 1 is 1.15 bits per heavy atom. The zero-order valence-corrected chi connectivity index (χ0v) is 14.1. The second-order valence-electron chi connectivity index (χ2n) is 7.11. The molecule has 0 aromatic rings. The van der Waals surface area contributed by atoms with E-state index in [1.807, 2.05) is 0 Å². The van der Waals surface area contributed by atoms with Gasteiger partial charge in [0.05, 0.1) is 12.7 Å². The highest BCUT2D eigenvalue weighted by atomic mass is 16.5. The van der Waals surface area contributed by atoms with E-state index in [0.29, 0.717) is 24.2 Å². The van der Waals surface area contributed by atoms with Crippen molar-refractivity contribution in [1.29, 1.82) is 0 Å². The maximum atomic E-state index is 5.89. The van der Waals surface area contributed by atoms with Crippen LogP contribution in [0.4, 0.5) is 0 Å². The quantitative estimate of drug-likeness (QED) is 0.858. The van der Waals surface area contributed by atoms with Crippen molar-refractivity contribution in [3.05, 3.63) is 0 Å². The van der Waals surface area contributed by atoms with Crippen LogP contribution in [0.3, 0.4) is 0 Å². The molecule has 1 aliphatic heterocycles. The molecule has 20 heavy (non-hydrogen) atoms. The molecule has 0 spiro atoms. The summed E-state index contributed by atoms with van der Waals surface area (Å²) in [6.45, 7) is 14.7. The van der Waals surface area contributed by atoms with Crippen molar-refractivity contribution in [3.63, 3.8) is 0 Å². The molecule has 1 aliphatic carbocycles.